The molecule has 17 nitrogen and oxygen atoms in total. The first-order chi connectivity index (χ1) is 26.2. The number of H-pyrrole nitrogens is 3. The molecule has 280 valence electrons. The number of likely N-dealkylation sites (tertiary alicyclic amines) is 2. The number of aromatic nitrogens is 7. The Bertz CT molecular complexity index is 2090. The van der Waals surface area contributed by atoms with E-state index < -0.39 is 24.3 Å². The first kappa shape index (κ1) is 35.9. The topological polar surface area (TPSA) is 230 Å². The summed E-state index contributed by atoms with van der Waals surface area (Å²) in [7, 11) is 1.27. The highest BCUT2D eigenvalue weighted by Gasteiger charge is 2.38. The Balaban J connectivity index is 0.994. The Morgan fingerprint density at radius 3 is 1.81 bits per heavy atom. The molecule has 5 heterocycles. The third kappa shape index (κ3) is 7.65. The molecule has 7 rings (SSSR count). The van der Waals surface area contributed by atoms with Gasteiger partial charge in [0.25, 0.3) is 5.91 Å². The second-order valence-corrected chi connectivity index (χ2v) is 13.3. The van der Waals surface area contributed by atoms with Crippen molar-refractivity contribution < 1.29 is 28.7 Å². The maximum atomic E-state index is 13.5. The van der Waals surface area contributed by atoms with Crippen LogP contribution in [0.2, 0.25) is 0 Å². The van der Waals surface area contributed by atoms with Gasteiger partial charge in [-0.2, -0.15) is 15.4 Å². The molecule has 4 atom stereocenters. The van der Waals surface area contributed by atoms with Crippen molar-refractivity contribution >= 4 is 24.0 Å². The lowest BCUT2D eigenvalue weighted by molar-refractivity contribution is -0.141. The van der Waals surface area contributed by atoms with Gasteiger partial charge in [0.05, 0.1) is 54.9 Å². The molecule has 0 radical (unpaired) electrons. The van der Waals surface area contributed by atoms with Gasteiger partial charge in [-0.15, -0.1) is 0 Å². The maximum Gasteiger partial charge on any atom is 0.407 e. The van der Waals surface area contributed by atoms with E-state index in [2.05, 4.69) is 45.4 Å². The van der Waals surface area contributed by atoms with Gasteiger partial charge in [-0.3, -0.25) is 9.59 Å². The number of alkyl carbamates (subject to hydrolysis) is 1. The number of methoxy groups -OCH3 is 1. The van der Waals surface area contributed by atoms with E-state index in [0.717, 1.165) is 52.9 Å². The first-order valence-corrected chi connectivity index (χ1v) is 17.8. The zero-order chi connectivity index (χ0) is 37.8. The fourth-order valence-corrected chi connectivity index (χ4v) is 7.18. The van der Waals surface area contributed by atoms with Crippen molar-refractivity contribution in [3.63, 3.8) is 0 Å². The number of nitrogens with one attached hydrogen (secondary N) is 4. The Morgan fingerprint density at radius 1 is 0.815 bits per heavy atom. The predicted octanol–water partition coefficient (Wildman–Crippen LogP) is 4.03. The minimum absolute atomic E-state index is 0.0477. The van der Waals surface area contributed by atoms with Crippen LogP contribution >= 0.6 is 0 Å². The molecule has 0 aliphatic carbocycles. The fourth-order valence-electron chi connectivity index (χ4n) is 7.18. The van der Waals surface area contributed by atoms with E-state index in [9.17, 15) is 19.2 Å². The summed E-state index contributed by atoms with van der Waals surface area (Å²) in [5, 5.41) is 12.8. The van der Waals surface area contributed by atoms with Crippen LogP contribution in [0, 0.1) is 0 Å². The number of aromatic amines is 3. The van der Waals surface area contributed by atoms with Crippen LogP contribution in [0.1, 0.15) is 62.0 Å². The Hall–Kier alpha value is -6.52. The van der Waals surface area contributed by atoms with Gasteiger partial charge in [0.1, 0.15) is 17.7 Å². The second-order valence-electron chi connectivity index (χ2n) is 13.3. The summed E-state index contributed by atoms with van der Waals surface area (Å²) in [5.74, 6) is 0.807. The first-order valence-electron chi connectivity index (χ1n) is 17.8. The predicted molar refractivity (Wildman–Crippen MR) is 194 cm³/mol. The molecule has 0 unspecified atom stereocenters. The molecule has 3 aromatic heterocycles. The van der Waals surface area contributed by atoms with Crippen molar-refractivity contribution in [1.29, 1.82) is 0 Å². The van der Waals surface area contributed by atoms with Crippen molar-refractivity contribution in [2.45, 2.75) is 63.3 Å². The molecule has 5 aromatic rings. The zero-order valence-electron chi connectivity index (χ0n) is 29.8. The van der Waals surface area contributed by atoms with Crippen LogP contribution in [-0.4, -0.2) is 101 Å². The van der Waals surface area contributed by atoms with Gasteiger partial charge in [-0.05, 0) is 54.9 Å². The number of amides is 4. The molecule has 17 heteroatoms. The van der Waals surface area contributed by atoms with E-state index in [0.29, 0.717) is 36.9 Å². The van der Waals surface area contributed by atoms with Crippen molar-refractivity contribution in [3.05, 3.63) is 84.5 Å². The highest BCUT2D eigenvalue weighted by atomic mass is 16.6. The molecule has 0 saturated carbocycles. The van der Waals surface area contributed by atoms with Gasteiger partial charge >= 0.3 is 12.2 Å². The summed E-state index contributed by atoms with van der Waals surface area (Å²) in [6.45, 7) is 2.72. The van der Waals surface area contributed by atoms with Gasteiger partial charge in [0.2, 0.25) is 5.91 Å². The van der Waals surface area contributed by atoms with E-state index >= 15 is 0 Å². The number of hydrogen-bond acceptors (Lipinski definition) is 10. The zero-order valence-corrected chi connectivity index (χ0v) is 29.8. The molecule has 2 aromatic carbocycles. The van der Waals surface area contributed by atoms with Crippen LogP contribution in [-0.2, 0) is 25.5 Å². The molecule has 2 saturated heterocycles. The highest BCUT2D eigenvalue weighted by Crippen LogP contribution is 2.35. The average molecular weight is 736 g/mol. The van der Waals surface area contributed by atoms with Gasteiger partial charge in [0, 0.05) is 19.5 Å². The van der Waals surface area contributed by atoms with Crippen molar-refractivity contribution in [1.82, 2.24) is 50.5 Å². The average Bonchev–Trinajstić information content (AvgIpc) is 4.03. The second kappa shape index (κ2) is 15.6. The van der Waals surface area contributed by atoms with Crippen LogP contribution in [0.3, 0.4) is 0 Å². The monoisotopic (exact) mass is 735 g/mol. The van der Waals surface area contributed by atoms with Gasteiger partial charge in [-0.1, -0.05) is 48.5 Å². The molecule has 0 spiro atoms. The fraction of sp³-hybridized carbons (Fsp3) is 0.351. The number of ether oxygens (including phenoxy) is 2. The standard InChI is InChI=1S/C37H41N11O6/c1-21(42-37(52)53-2)34(49)47-15-3-5-29(47)32-39-19-27(43-32)24-11-7-22(8-12-24)23-9-13-25(14-10-23)28-20-40-33(44-28)30-6-4-16-48(30)35(50)31(54-36(38)51)17-26-18-41-46-45-26/h7-14,18-21,29-31H,3-6,15-17H2,1-2H3,(H2,38,51)(H,39,43)(H,40,44)(H,42,52)(H,41,45,46)/t21-,29-,30-,31-/m0/s1. The number of rotatable bonds is 11. The summed E-state index contributed by atoms with van der Waals surface area (Å²) in [6, 6.07) is 15.0. The third-order valence-corrected chi connectivity index (χ3v) is 9.90. The van der Waals surface area contributed by atoms with Crippen LogP contribution in [0.15, 0.2) is 67.1 Å². The Kier molecular flexibility index (Phi) is 10.4. The molecule has 2 aliphatic rings. The number of nitrogens with zero attached hydrogens (tertiary/aromatic N) is 6. The van der Waals surface area contributed by atoms with E-state index in [-0.39, 0.29) is 30.3 Å². The number of imidazole rings is 2. The molecular weight excluding hydrogens is 694 g/mol. The summed E-state index contributed by atoms with van der Waals surface area (Å²) in [4.78, 5) is 69.3. The molecule has 6 N–H and O–H groups in total. The van der Waals surface area contributed by atoms with E-state index in [1.165, 1.54) is 13.3 Å². The number of primary amides is 1. The van der Waals surface area contributed by atoms with Gasteiger partial charge in [0.15, 0.2) is 6.10 Å². The highest BCUT2D eigenvalue weighted by molar-refractivity contribution is 5.86. The molecule has 4 amide bonds. The normalized spacial score (nSPS) is 18.0. The minimum atomic E-state index is -1.13. The minimum Gasteiger partial charge on any atom is -0.453 e. The molecule has 0 bridgehead atoms. The number of hydrogen-bond donors (Lipinski definition) is 5. The Morgan fingerprint density at radius 2 is 1.33 bits per heavy atom. The lowest BCUT2D eigenvalue weighted by Crippen LogP contribution is -2.46. The van der Waals surface area contributed by atoms with Crippen LogP contribution < -0.4 is 11.1 Å². The summed E-state index contributed by atoms with van der Waals surface area (Å²) >= 11 is 0. The van der Waals surface area contributed by atoms with E-state index in [1.54, 1.807) is 29.1 Å². The van der Waals surface area contributed by atoms with Crippen molar-refractivity contribution in [3.8, 4) is 33.6 Å². The largest absolute Gasteiger partial charge is 0.453 e. The molecule has 2 aliphatic heterocycles. The SMILES string of the molecule is COC(=O)N[C@@H](C)C(=O)N1CCC[C@H]1c1ncc(-c2ccc(-c3ccc(-c4cnc([C@@H]5CCCN5C(=O)[C@H](Cc5cn[nH]n5)OC(N)=O)[nH]4)cc3)cc2)[nH]1. The molecular formula is C37H41N11O6. The van der Waals surface area contributed by atoms with Crippen molar-refractivity contribution in [2.75, 3.05) is 20.2 Å². The number of benzene rings is 2. The number of carbonyl (C=O) groups is 4. The summed E-state index contributed by atoms with van der Waals surface area (Å²) < 4.78 is 9.83. The maximum absolute atomic E-state index is 13.5. The van der Waals surface area contributed by atoms with E-state index in [1.807, 2.05) is 48.5 Å². The quantitative estimate of drug-likeness (QED) is 0.131. The number of nitrogens with two attached hydrogens (primary N) is 1. The van der Waals surface area contributed by atoms with Gasteiger partial charge in [-0.25, -0.2) is 19.6 Å². The van der Waals surface area contributed by atoms with Crippen LogP contribution in [0.4, 0.5) is 9.59 Å². The molecule has 2 fully saturated rings. The third-order valence-electron chi connectivity index (χ3n) is 9.90. The van der Waals surface area contributed by atoms with Crippen LogP contribution in [0.25, 0.3) is 33.6 Å². The summed E-state index contributed by atoms with van der Waals surface area (Å²) in [6.07, 6.45) is 5.33. The van der Waals surface area contributed by atoms with E-state index in [4.69, 9.17) is 10.5 Å². The van der Waals surface area contributed by atoms with Crippen LogP contribution in [0.5, 0.6) is 0 Å². The summed E-state index contributed by atoms with van der Waals surface area (Å²) in [5.41, 5.74) is 11.4. The number of carbonyl (C=O) groups excluding carboxylic acids is 4. The Labute approximate surface area is 310 Å². The molecule has 54 heavy (non-hydrogen) atoms. The smallest absolute Gasteiger partial charge is 0.407 e. The van der Waals surface area contributed by atoms with Crippen molar-refractivity contribution in [2.24, 2.45) is 5.73 Å². The lowest BCUT2D eigenvalue weighted by Gasteiger charge is -2.27. The van der Waals surface area contributed by atoms with Gasteiger partial charge < -0.3 is 40.3 Å². The lowest BCUT2D eigenvalue weighted by atomic mass is 10.0.